The van der Waals surface area contributed by atoms with Crippen LogP contribution < -0.4 is 0 Å². The van der Waals surface area contributed by atoms with Crippen molar-refractivity contribution in [3.8, 4) is 11.1 Å². The van der Waals surface area contributed by atoms with Gasteiger partial charge in [0.05, 0.1) is 0 Å². The largest absolute Gasteiger partial charge is 0.433 e. The Morgan fingerprint density at radius 1 is 0.800 bits per heavy atom. The van der Waals surface area contributed by atoms with Crippen molar-refractivity contribution in [1.82, 2.24) is 0 Å². The third-order valence-electron chi connectivity index (χ3n) is 3.52. The van der Waals surface area contributed by atoms with Crippen LogP contribution in [0.3, 0.4) is 0 Å². The predicted octanol–water partition coefficient (Wildman–Crippen LogP) is 5.32. The Morgan fingerprint density at radius 3 is 1.55 bits per heavy atom. The molecule has 0 unspecified atom stereocenters. The first-order chi connectivity index (χ1) is 9.25. The summed E-state index contributed by atoms with van der Waals surface area (Å²) in [7, 11) is -3.31. The molecule has 1 aliphatic heterocycles. The predicted molar refractivity (Wildman–Crippen MR) is 67.9 cm³/mol. The fourth-order valence-corrected chi connectivity index (χ4v) is 5.14. The minimum Gasteiger partial charge on any atom is -0.207 e. The van der Waals surface area contributed by atoms with Crippen LogP contribution in [0.1, 0.15) is 0 Å². The molecule has 1 heterocycles. The van der Waals surface area contributed by atoms with Crippen LogP contribution in [0.2, 0.25) is 0 Å². The zero-order valence-electron chi connectivity index (χ0n) is 10.3. The van der Waals surface area contributed by atoms with Gasteiger partial charge in [-0.2, -0.15) is 13.2 Å². The monoisotopic (exact) mass is 304 g/mol. The van der Waals surface area contributed by atoms with E-state index in [1.165, 1.54) is 0 Å². The van der Waals surface area contributed by atoms with Crippen LogP contribution in [-0.2, 0) is 0 Å². The Hall–Kier alpha value is -1.56. The fourth-order valence-electron chi connectivity index (χ4n) is 2.51. The summed E-state index contributed by atoms with van der Waals surface area (Å²) in [5, 5.41) is 0. The highest BCUT2D eigenvalue weighted by atomic mass is 32.3. The second-order valence-corrected chi connectivity index (χ2v) is 7.82. The summed E-state index contributed by atoms with van der Waals surface area (Å²) >= 11 is 0. The van der Waals surface area contributed by atoms with Gasteiger partial charge in [0.2, 0.25) is 0 Å². The zero-order chi connectivity index (χ0) is 14.7. The van der Waals surface area contributed by atoms with E-state index in [2.05, 4.69) is 0 Å². The van der Waals surface area contributed by atoms with Crippen molar-refractivity contribution in [2.75, 3.05) is 6.26 Å². The van der Waals surface area contributed by atoms with E-state index in [4.69, 9.17) is 0 Å². The third-order valence-corrected chi connectivity index (χ3v) is 6.91. The van der Waals surface area contributed by atoms with Crippen LogP contribution in [0.25, 0.3) is 11.1 Å². The third kappa shape index (κ3) is 1.60. The van der Waals surface area contributed by atoms with Crippen molar-refractivity contribution < 1.29 is 22.0 Å². The molecule has 0 amide bonds. The average molecular weight is 304 g/mol. The van der Waals surface area contributed by atoms with Crippen LogP contribution >= 0.6 is 10.0 Å². The van der Waals surface area contributed by atoms with Crippen LogP contribution in [0, 0.1) is 11.6 Å². The van der Waals surface area contributed by atoms with E-state index in [0.29, 0.717) is 0 Å². The van der Waals surface area contributed by atoms with E-state index < -0.39 is 27.2 Å². The van der Waals surface area contributed by atoms with Gasteiger partial charge >= 0.3 is 5.51 Å². The molecule has 0 radical (unpaired) electrons. The first-order valence-electron chi connectivity index (χ1n) is 5.69. The zero-order valence-corrected chi connectivity index (χ0v) is 11.1. The Morgan fingerprint density at radius 2 is 1.20 bits per heavy atom. The van der Waals surface area contributed by atoms with E-state index in [9.17, 15) is 22.0 Å². The molecule has 0 fully saturated rings. The molecule has 0 spiro atoms. The number of alkyl halides is 3. The molecule has 0 N–H and O–H groups in total. The molecule has 0 atom stereocenters. The number of hydrogen-bond acceptors (Lipinski definition) is 0. The van der Waals surface area contributed by atoms with Crippen molar-refractivity contribution in [2.45, 2.75) is 15.3 Å². The number of hydrogen-bond donors (Lipinski definition) is 0. The molecule has 0 bridgehead atoms. The van der Waals surface area contributed by atoms with Gasteiger partial charge in [0.15, 0.2) is 0 Å². The van der Waals surface area contributed by atoms with E-state index in [0.717, 1.165) is 42.7 Å². The van der Waals surface area contributed by atoms with Crippen LogP contribution in [-0.4, -0.2) is 11.8 Å². The molecule has 106 valence electrons. The maximum Gasteiger partial charge on any atom is 0.433 e. The van der Waals surface area contributed by atoms with Gasteiger partial charge in [-0.25, -0.2) is 8.78 Å². The van der Waals surface area contributed by atoms with E-state index in [1.54, 1.807) is 0 Å². The lowest BCUT2D eigenvalue weighted by atomic mass is 10.1. The molecule has 0 saturated heterocycles. The first kappa shape index (κ1) is 13.4. The number of halogens is 5. The van der Waals surface area contributed by atoms with E-state index in [-0.39, 0.29) is 20.9 Å². The van der Waals surface area contributed by atoms with Gasteiger partial charge in [0.25, 0.3) is 0 Å². The molecule has 20 heavy (non-hydrogen) atoms. The molecule has 3 rings (SSSR count). The second-order valence-electron chi connectivity index (χ2n) is 4.65. The number of benzene rings is 2. The first-order valence-corrected chi connectivity index (χ1v) is 7.73. The molecule has 2 aromatic carbocycles. The van der Waals surface area contributed by atoms with Crippen molar-refractivity contribution in [2.24, 2.45) is 0 Å². The highest BCUT2D eigenvalue weighted by molar-refractivity contribution is 8.34. The molecule has 0 saturated carbocycles. The highest BCUT2D eigenvalue weighted by Crippen LogP contribution is 2.77. The summed E-state index contributed by atoms with van der Waals surface area (Å²) in [5.74, 6) is -1.27. The fraction of sp³-hybridized carbons (Fsp3) is 0.143. The topological polar surface area (TPSA) is 0 Å². The molecule has 1 aliphatic rings. The van der Waals surface area contributed by atoms with Crippen LogP contribution in [0.5, 0.6) is 0 Å². The van der Waals surface area contributed by atoms with Gasteiger partial charge in [-0.1, -0.05) is 10.0 Å². The Labute approximate surface area is 113 Å². The minimum absolute atomic E-state index is 0.0343. The van der Waals surface area contributed by atoms with Gasteiger partial charge in [0, 0.05) is 9.79 Å². The lowest BCUT2D eigenvalue weighted by Crippen LogP contribution is -2.18. The molecular weight excluding hydrogens is 295 g/mol. The average Bonchev–Trinajstić information content (AvgIpc) is 2.59. The van der Waals surface area contributed by atoms with Gasteiger partial charge in [0.1, 0.15) is 11.6 Å². The molecule has 0 aromatic heterocycles. The van der Waals surface area contributed by atoms with E-state index in [1.807, 2.05) is 0 Å². The minimum atomic E-state index is -4.47. The standard InChI is InChI=1S/C14H9F5S/c1-20(14(17,18)19)12-4-2-8(15)6-10(12)11-7-9(16)3-5-13(11)20/h2-7H,1H3. The Bertz CT molecular complexity index is 654. The van der Waals surface area contributed by atoms with Gasteiger partial charge in [-0.3, -0.25) is 0 Å². The van der Waals surface area contributed by atoms with Gasteiger partial charge in [-0.15, -0.1) is 0 Å². The summed E-state index contributed by atoms with van der Waals surface area (Å²) in [5.41, 5.74) is -4.20. The van der Waals surface area contributed by atoms with E-state index >= 15 is 0 Å². The van der Waals surface area contributed by atoms with Crippen molar-refractivity contribution in [3.63, 3.8) is 0 Å². The Kier molecular flexibility index (Phi) is 2.67. The molecule has 2 aromatic rings. The maximum absolute atomic E-state index is 13.6. The normalized spacial score (nSPS) is 17.5. The number of rotatable bonds is 0. The molecular formula is C14H9F5S. The van der Waals surface area contributed by atoms with Crippen LogP contribution in [0.4, 0.5) is 22.0 Å². The Balaban J connectivity index is 2.42. The van der Waals surface area contributed by atoms with Crippen molar-refractivity contribution >= 4 is 10.0 Å². The van der Waals surface area contributed by atoms with Crippen molar-refractivity contribution in [3.05, 3.63) is 48.0 Å². The number of fused-ring (bicyclic) bond motifs is 3. The lowest BCUT2D eigenvalue weighted by Gasteiger charge is -2.35. The molecule has 6 heteroatoms. The SMILES string of the molecule is CS1(C(F)(F)F)c2ccc(F)cc2-c2cc(F)ccc21. The quantitative estimate of drug-likeness (QED) is 0.578. The highest BCUT2D eigenvalue weighted by Gasteiger charge is 2.54. The van der Waals surface area contributed by atoms with Gasteiger partial charge in [-0.05, 0) is 53.8 Å². The molecule has 0 nitrogen and oxygen atoms in total. The second kappa shape index (κ2) is 3.97. The van der Waals surface area contributed by atoms with Gasteiger partial charge < -0.3 is 0 Å². The lowest BCUT2D eigenvalue weighted by molar-refractivity contribution is -0.0379. The summed E-state index contributed by atoms with van der Waals surface area (Å²) in [6, 6.07) is 6.42. The summed E-state index contributed by atoms with van der Waals surface area (Å²) in [6.45, 7) is 0. The maximum atomic E-state index is 13.6. The summed E-state index contributed by atoms with van der Waals surface area (Å²) in [6.07, 6.45) is 1.12. The van der Waals surface area contributed by atoms with Crippen LogP contribution in [0.15, 0.2) is 46.2 Å². The summed E-state index contributed by atoms with van der Waals surface area (Å²) < 4.78 is 67.3. The molecule has 0 aliphatic carbocycles. The smallest absolute Gasteiger partial charge is 0.207 e. The summed E-state index contributed by atoms with van der Waals surface area (Å²) in [4.78, 5) is 0.0685. The van der Waals surface area contributed by atoms with Crippen molar-refractivity contribution in [1.29, 1.82) is 0 Å².